The van der Waals surface area contributed by atoms with Crippen LogP contribution in [0.1, 0.15) is 11.1 Å². The van der Waals surface area contributed by atoms with Crippen molar-refractivity contribution in [3.05, 3.63) is 34.9 Å². The van der Waals surface area contributed by atoms with Gasteiger partial charge in [0.15, 0.2) is 0 Å². The van der Waals surface area contributed by atoms with E-state index in [-0.39, 0.29) is 17.0 Å². The summed E-state index contributed by atoms with van der Waals surface area (Å²) in [5.41, 5.74) is -0.151. The molecule has 0 amide bonds. The normalized spacial score (nSPS) is 10.2. The maximum atomic E-state index is 13.1. The van der Waals surface area contributed by atoms with Gasteiger partial charge < -0.3 is 5.11 Å². The third kappa shape index (κ3) is 2.42. The van der Waals surface area contributed by atoms with E-state index < -0.39 is 24.0 Å². The molecule has 0 unspecified atom stereocenters. The van der Waals surface area contributed by atoms with E-state index in [1.807, 2.05) is 0 Å². The van der Waals surface area contributed by atoms with Crippen LogP contribution in [-0.4, -0.2) is 11.1 Å². The summed E-state index contributed by atoms with van der Waals surface area (Å²) in [6.07, 6.45) is -0.536. The molecule has 76 valence electrons. The summed E-state index contributed by atoms with van der Waals surface area (Å²) in [7, 11) is 0. The number of rotatable bonds is 3. The van der Waals surface area contributed by atoms with Crippen molar-refractivity contribution in [2.24, 2.45) is 0 Å². The molecule has 0 radical (unpaired) electrons. The first-order chi connectivity index (χ1) is 6.54. The molecule has 5 heteroatoms. The number of halogens is 3. The van der Waals surface area contributed by atoms with Crippen molar-refractivity contribution in [2.45, 2.75) is 12.3 Å². The Morgan fingerprint density at radius 1 is 1.29 bits per heavy atom. The summed E-state index contributed by atoms with van der Waals surface area (Å²) < 4.78 is 26.1. The zero-order valence-electron chi connectivity index (χ0n) is 7.06. The lowest BCUT2D eigenvalue weighted by Gasteiger charge is -2.03. The quantitative estimate of drug-likeness (QED) is 0.794. The summed E-state index contributed by atoms with van der Waals surface area (Å²) in [5.74, 6) is -2.78. The van der Waals surface area contributed by atoms with Gasteiger partial charge in [0, 0.05) is 11.1 Å². The minimum Gasteiger partial charge on any atom is -0.481 e. The molecule has 0 bridgehead atoms. The molecule has 0 atom stereocenters. The van der Waals surface area contributed by atoms with Gasteiger partial charge in [-0.2, -0.15) is 0 Å². The minimum atomic E-state index is -1.21. The minimum absolute atomic E-state index is 0.0262. The van der Waals surface area contributed by atoms with Gasteiger partial charge in [0.25, 0.3) is 0 Å². The first kappa shape index (κ1) is 10.9. The van der Waals surface area contributed by atoms with Crippen LogP contribution in [0.25, 0.3) is 0 Å². The van der Waals surface area contributed by atoms with Gasteiger partial charge in [-0.05, 0) is 12.1 Å². The molecule has 0 saturated carbocycles. The highest BCUT2D eigenvalue weighted by atomic mass is 35.5. The Labute approximate surface area is 84.1 Å². The predicted octanol–water partition coefficient (Wildman–Crippen LogP) is 2.33. The van der Waals surface area contributed by atoms with Crippen LogP contribution >= 0.6 is 11.6 Å². The van der Waals surface area contributed by atoms with Crippen molar-refractivity contribution in [3.63, 3.8) is 0 Å². The van der Waals surface area contributed by atoms with Crippen LogP contribution in [0, 0.1) is 11.6 Å². The lowest BCUT2D eigenvalue weighted by atomic mass is 10.1. The number of hydrogen-bond acceptors (Lipinski definition) is 1. The number of hydrogen-bond donors (Lipinski definition) is 1. The Balaban J connectivity index is 3.08. The lowest BCUT2D eigenvalue weighted by Crippen LogP contribution is -2.04. The molecule has 2 nitrogen and oxygen atoms in total. The first-order valence-electron chi connectivity index (χ1n) is 3.79. The molecule has 0 saturated heterocycles. The lowest BCUT2D eigenvalue weighted by molar-refractivity contribution is -0.136. The maximum Gasteiger partial charge on any atom is 0.307 e. The van der Waals surface area contributed by atoms with Gasteiger partial charge >= 0.3 is 5.97 Å². The molecule has 0 aliphatic carbocycles. The van der Waals surface area contributed by atoms with Crippen LogP contribution in [-0.2, 0) is 17.1 Å². The van der Waals surface area contributed by atoms with Gasteiger partial charge in [0.1, 0.15) is 11.6 Å². The van der Waals surface area contributed by atoms with Crippen LogP contribution in [0.3, 0.4) is 0 Å². The topological polar surface area (TPSA) is 37.3 Å². The monoisotopic (exact) mass is 220 g/mol. The summed E-state index contributed by atoms with van der Waals surface area (Å²) in [4.78, 5) is 10.3. The molecule has 1 N–H and O–H groups in total. The number of aliphatic carboxylic acids is 1. The zero-order chi connectivity index (χ0) is 10.7. The van der Waals surface area contributed by atoms with Crippen LogP contribution < -0.4 is 0 Å². The maximum absolute atomic E-state index is 13.1. The molecule has 0 fully saturated rings. The van der Waals surface area contributed by atoms with E-state index in [1.165, 1.54) is 0 Å². The van der Waals surface area contributed by atoms with Crippen molar-refractivity contribution in [2.75, 3.05) is 0 Å². The highest BCUT2D eigenvalue weighted by molar-refractivity contribution is 6.17. The second kappa shape index (κ2) is 4.37. The van der Waals surface area contributed by atoms with Gasteiger partial charge in [-0.15, -0.1) is 11.6 Å². The molecule has 1 aromatic carbocycles. The van der Waals surface area contributed by atoms with Gasteiger partial charge in [-0.25, -0.2) is 8.78 Å². The van der Waals surface area contributed by atoms with E-state index in [0.29, 0.717) is 0 Å². The third-order valence-electron chi connectivity index (χ3n) is 1.70. The van der Waals surface area contributed by atoms with E-state index in [4.69, 9.17) is 16.7 Å². The molecule has 1 rings (SSSR count). The molecule has 0 aliphatic heterocycles. The molecule has 0 heterocycles. The van der Waals surface area contributed by atoms with E-state index in [1.54, 1.807) is 0 Å². The van der Waals surface area contributed by atoms with Crippen molar-refractivity contribution in [3.8, 4) is 0 Å². The molecule has 14 heavy (non-hydrogen) atoms. The van der Waals surface area contributed by atoms with Crippen LogP contribution in [0.5, 0.6) is 0 Å². The Kier molecular flexibility index (Phi) is 3.41. The highest BCUT2D eigenvalue weighted by Crippen LogP contribution is 2.17. The number of benzene rings is 1. The fourth-order valence-corrected chi connectivity index (χ4v) is 1.23. The van der Waals surface area contributed by atoms with Crippen molar-refractivity contribution >= 4 is 17.6 Å². The van der Waals surface area contributed by atoms with Gasteiger partial charge in [0.05, 0.1) is 12.3 Å². The van der Waals surface area contributed by atoms with Crippen LogP contribution in [0.15, 0.2) is 12.1 Å². The third-order valence-corrected chi connectivity index (χ3v) is 1.99. The molecule has 0 spiro atoms. The smallest absolute Gasteiger partial charge is 0.307 e. The largest absolute Gasteiger partial charge is 0.481 e. The standard InChI is InChI=1S/C9H7ClF2O2/c10-4-6-2-7(11)5(1-8(6)12)3-9(13)14/h1-2H,3-4H2,(H,13,14). The van der Waals surface area contributed by atoms with Gasteiger partial charge in [-0.1, -0.05) is 0 Å². The summed E-state index contributed by atoms with van der Waals surface area (Å²) in [5, 5.41) is 8.39. The van der Waals surface area contributed by atoms with E-state index in [2.05, 4.69) is 0 Å². The summed E-state index contributed by atoms with van der Waals surface area (Å²) in [6, 6.07) is 1.78. The molecule has 0 aliphatic rings. The van der Waals surface area contributed by atoms with Crippen molar-refractivity contribution in [1.82, 2.24) is 0 Å². The summed E-state index contributed by atoms with van der Waals surface area (Å²) >= 11 is 5.34. The second-order valence-electron chi connectivity index (χ2n) is 2.74. The number of alkyl halides is 1. The van der Waals surface area contributed by atoms with Crippen LogP contribution in [0.4, 0.5) is 8.78 Å². The highest BCUT2D eigenvalue weighted by Gasteiger charge is 2.11. The van der Waals surface area contributed by atoms with Crippen molar-refractivity contribution < 1.29 is 18.7 Å². The molecular weight excluding hydrogens is 214 g/mol. The molecular formula is C9H7ClF2O2. The van der Waals surface area contributed by atoms with Crippen molar-refractivity contribution in [1.29, 1.82) is 0 Å². The zero-order valence-corrected chi connectivity index (χ0v) is 7.81. The van der Waals surface area contributed by atoms with E-state index in [9.17, 15) is 13.6 Å². The molecule has 1 aromatic rings. The Bertz CT molecular complexity index is 366. The fraction of sp³-hybridized carbons (Fsp3) is 0.222. The average Bonchev–Trinajstić information content (AvgIpc) is 2.10. The van der Waals surface area contributed by atoms with Crippen LogP contribution in [0.2, 0.25) is 0 Å². The summed E-state index contributed by atoms with van der Waals surface area (Å²) in [6.45, 7) is 0. The first-order valence-corrected chi connectivity index (χ1v) is 4.32. The Morgan fingerprint density at radius 2 is 1.79 bits per heavy atom. The number of carbonyl (C=O) groups is 1. The average molecular weight is 221 g/mol. The van der Waals surface area contributed by atoms with Gasteiger partial charge in [-0.3, -0.25) is 4.79 Å². The van der Waals surface area contributed by atoms with E-state index in [0.717, 1.165) is 12.1 Å². The number of carboxylic acids is 1. The fourth-order valence-electron chi connectivity index (χ4n) is 1.03. The SMILES string of the molecule is O=C(O)Cc1cc(F)c(CCl)cc1F. The predicted molar refractivity (Wildman–Crippen MR) is 47.3 cm³/mol. The molecule has 0 aromatic heterocycles. The Morgan fingerprint density at radius 3 is 2.29 bits per heavy atom. The second-order valence-corrected chi connectivity index (χ2v) is 3.01. The number of carboxylic acid groups (broad SMARTS) is 1. The Hall–Kier alpha value is -1.16. The van der Waals surface area contributed by atoms with E-state index >= 15 is 0 Å². The van der Waals surface area contributed by atoms with Gasteiger partial charge in [0.2, 0.25) is 0 Å².